The first kappa shape index (κ1) is 25.6. The number of carbonyl (C=O) groups is 2. The highest BCUT2D eigenvalue weighted by Crippen LogP contribution is 2.15. The van der Waals surface area contributed by atoms with E-state index in [9.17, 15) is 14.4 Å². The molecule has 5 rings (SSSR count). The van der Waals surface area contributed by atoms with Gasteiger partial charge in [-0.3, -0.25) is 14.0 Å². The van der Waals surface area contributed by atoms with Gasteiger partial charge in [-0.2, -0.15) is 4.99 Å². The third-order valence-electron chi connectivity index (χ3n) is 6.09. The van der Waals surface area contributed by atoms with Crippen molar-refractivity contribution in [1.82, 2.24) is 14.0 Å². The molecule has 2 aromatic carbocycles. The fraction of sp³-hybridized carbons (Fsp3) is 0.167. The molecule has 3 heterocycles. The van der Waals surface area contributed by atoms with Gasteiger partial charge in [0.2, 0.25) is 0 Å². The van der Waals surface area contributed by atoms with Gasteiger partial charge < -0.3 is 14.0 Å². The smallest absolute Gasteiger partial charge is 0.341 e. The van der Waals surface area contributed by atoms with Crippen LogP contribution >= 0.6 is 0 Å². The Kier molecular flexibility index (Phi) is 7.31. The highest BCUT2D eigenvalue weighted by Gasteiger charge is 2.22. The molecule has 0 saturated carbocycles. The summed E-state index contributed by atoms with van der Waals surface area (Å²) in [5, 5.41) is 0.192. The number of carbonyl (C=O) groups excluding carboxylic acids is 2. The average Bonchev–Trinajstić information content (AvgIpc) is 2.95. The monoisotopic (exact) mass is 522 g/mol. The van der Waals surface area contributed by atoms with Gasteiger partial charge in [0.05, 0.1) is 18.5 Å². The van der Waals surface area contributed by atoms with Crippen LogP contribution in [-0.4, -0.2) is 38.5 Å². The second kappa shape index (κ2) is 11.1. The number of ether oxygens (including phenoxy) is 2. The summed E-state index contributed by atoms with van der Waals surface area (Å²) in [7, 11) is 0. The van der Waals surface area contributed by atoms with E-state index in [0.29, 0.717) is 11.4 Å². The van der Waals surface area contributed by atoms with E-state index >= 15 is 0 Å². The zero-order valence-corrected chi connectivity index (χ0v) is 21.5. The van der Waals surface area contributed by atoms with Gasteiger partial charge in [0.15, 0.2) is 11.6 Å². The molecular formula is C30H26N4O5. The van der Waals surface area contributed by atoms with Crippen LogP contribution in [0.3, 0.4) is 0 Å². The molecule has 39 heavy (non-hydrogen) atoms. The van der Waals surface area contributed by atoms with E-state index in [0.717, 1.165) is 5.56 Å². The molecule has 0 bridgehead atoms. The average molecular weight is 523 g/mol. The van der Waals surface area contributed by atoms with Gasteiger partial charge in [0.25, 0.3) is 11.5 Å². The van der Waals surface area contributed by atoms with Crippen LogP contribution in [0.5, 0.6) is 5.75 Å². The normalized spacial score (nSPS) is 12.4. The molecule has 1 amide bonds. The second-order valence-electron chi connectivity index (χ2n) is 8.78. The predicted molar refractivity (Wildman–Crippen MR) is 146 cm³/mol. The number of aromatic nitrogens is 3. The number of rotatable bonds is 7. The Bertz CT molecular complexity index is 1790. The maximum atomic E-state index is 13.5. The molecule has 196 valence electrons. The summed E-state index contributed by atoms with van der Waals surface area (Å²) in [6.45, 7) is 3.56. The van der Waals surface area contributed by atoms with Gasteiger partial charge in [0, 0.05) is 6.20 Å². The highest BCUT2D eigenvalue weighted by atomic mass is 16.5. The molecule has 9 heteroatoms. The minimum atomic E-state index is -0.946. The SMILES string of the molecule is CCOC(=O)c1cc2c(=O)n3ccccc3nc2n(Cc2ccccc2)c1=NC(=O)[C@H](C)Oc1ccccc1. The fourth-order valence-corrected chi connectivity index (χ4v) is 4.22. The van der Waals surface area contributed by atoms with Crippen LogP contribution in [0.2, 0.25) is 0 Å². The van der Waals surface area contributed by atoms with Crippen molar-refractivity contribution in [2.24, 2.45) is 4.99 Å². The van der Waals surface area contributed by atoms with Crippen molar-refractivity contribution >= 4 is 28.6 Å². The molecule has 0 radical (unpaired) electrons. The summed E-state index contributed by atoms with van der Waals surface area (Å²) >= 11 is 0. The first-order valence-corrected chi connectivity index (χ1v) is 12.5. The highest BCUT2D eigenvalue weighted by molar-refractivity contribution is 5.94. The predicted octanol–water partition coefficient (Wildman–Crippen LogP) is 3.77. The van der Waals surface area contributed by atoms with Crippen molar-refractivity contribution in [2.75, 3.05) is 6.61 Å². The molecule has 0 saturated heterocycles. The van der Waals surface area contributed by atoms with Crippen LogP contribution in [0.25, 0.3) is 16.7 Å². The lowest BCUT2D eigenvalue weighted by Crippen LogP contribution is -2.34. The van der Waals surface area contributed by atoms with Crippen LogP contribution in [-0.2, 0) is 16.1 Å². The zero-order chi connectivity index (χ0) is 27.4. The Morgan fingerprint density at radius 1 is 0.974 bits per heavy atom. The van der Waals surface area contributed by atoms with E-state index < -0.39 is 18.0 Å². The van der Waals surface area contributed by atoms with Gasteiger partial charge in [-0.1, -0.05) is 54.6 Å². The largest absolute Gasteiger partial charge is 0.481 e. The maximum absolute atomic E-state index is 13.5. The minimum Gasteiger partial charge on any atom is -0.481 e. The van der Waals surface area contributed by atoms with Crippen molar-refractivity contribution in [3.05, 3.63) is 118 Å². The molecule has 0 aliphatic heterocycles. The lowest BCUT2D eigenvalue weighted by atomic mass is 10.1. The van der Waals surface area contributed by atoms with Crippen LogP contribution in [0.15, 0.2) is 101 Å². The van der Waals surface area contributed by atoms with E-state index in [1.807, 2.05) is 36.4 Å². The Morgan fingerprint density at radius 3 is 2.38 bits per heavy atom. The van der Waals surface area contributed by atoms with Crippen molar-refractivity contribution in [2.45, 2.75) is 26.5 Å². The van der Waals surface area contributed by atoms with Gasteiger partial charge in [-0.15, -0.1) is 0 Å². The summed E-state index contributed by atoms with van der Waals surface area (Å²) in [6, 6.07) is 25.0. The number of hydrogen-bond donors (Lipinski definition) is 0. The number of nitrogens with zero attached hydrogens (tertiary/aromatic N) is 4. The summed E-state index contributed by atoms with van der Waals surface area (Å²) in [5.41, 5.74) is 1.21. The molecule has 3 aromatic heterocycles. The third-order valence-corrected chi connectivity index (χ3v) is 6.09. The molecule has 9 nitrogen and oxygen atoms in total. The summed E-state index contributed by atoms with van der Waals surface area (Å²) in [5.74, 6) is -0.805. The molecule has 0 N–H and O–H groups in total. The molecule has 0 aliphatic rings. The molecule has 0 unspecified atom stereocenters. The quantitative estimate of drug-likeness (QED) is 0.238. The number of fused-ring (bicyclic) bond motifs is 2. The van der Waals surface area contributed by atoms with E-state index in [2.05, 4.69) is 4.99 Å². The Balaban J connectivity index is 1.79. The molecule has 0 fully saturated rings. The van der Waals surface area contributed by atoms with Crippen molar-refractivity contribution in [1.29, 1.82) is 0 Å². The van der Waals surface area contributed by atoms with E-state index in [-0.39, 0.29) is 40.8 Å². The summed E-state index contributed by atoms with van der Waals surface area (Å²) in [4.78, 5) is 49.1. The van der Waals surface area contributed by atoms with E-state index in [1.165, 1.54) is 10.5 Å². The van der Waals surface area contributed by atoms with Crippen molar-refractivity contribution in [3.8, 4) is 5.75 Å². The van der Waals surface area contributed by atoms with Crippen LogP contribution < -0.4 is 15.8 Å². The van der Waals surface area contributed by atoms with Crippen molar-refractivity contribution < 1.29 is 19.1 Å². The number of benzene rings is 2. The maximum Gasteiger partial charge on any atom is 0.341 e. The van der Waals surface area contributed by atoms with Crippen LogP contribution in [0.4, 0.5) is 0 Å². The molecule has 5 aromatic rings. The van der Waals surface area contributed by atoms with Gasteiger partial charge in [-0.05, 0) is 49.7 Å². The lowest BCUT2D eigenvalue weighted by Gasteiger charge is -2.16. The first-order chi connectivity index (χ1) is 19.0. The van der Waals surface area contributed by atoms with Crippen LogP contribution in [0, 0.1) is 0 Å². The molecule has 0 aliphatic carbocycles. The Hall–Kier alpha value is -5.05. The standard InChI is InChI=1S/C30H26N4O5/c1-3-38-30(37)24-18-23-26(31-25-16-10-11-17-33(25)29(23)36)34(19-21-12-6-4-7-13-21)27(24)32-28(35)20(2)39-22-14-8-5-9-15-22/h4-18,20H,3,19H2,1-2H3/t20-/m0/s1. The molecule has 0 spiro atoms. The number of esters is 1. The molecular weight excluding hydrogens is 496 g/mol. The number of amides is 1. The zero-order valence-electron chi connectivity index (χ0n) is 21.5. The number of hydrogen-bond acceptors (Lipinski definition) is 6. The van der Waals surface area contributed by atoms with Gasteiger partial charge >= 0.3 is 5.97 Å². The Labute approximate surface area is 223 Å². The second-order valence-corrected chi connectivity index (χ2v) is 8.78. The topological polar surface area (TPSA) is 104 Å². The Morgan fingerprint density at radius 2 is 1.67 bits per heavy atom. The van der Waals surface area contributed by atoms with E-state index in [4.69, 9.17) is 14.5 Å². The van der Waals surface area contributed by atoms with Crippen LogP contribution in [0.1, 0.15) is 29.8 Å². The summed E-state index contributed by atoms with van der Waals surface area (Å²) < 4.78 is 14.1. The molecule has 1 atom stereocenters. The fourth-order valence-electron chi connectivity index (χ4n) is 4.22. The van der Waals surface area contributed by atoms with Gasteiger partial charge in [-0.25, -0.2) is 9.78 Å². The van der Waals surface area contributed by atoms with Gasteiger partial charge in [0.1, 0.15) is 22.6 Å². The lowest BCUT2D eigenvalue weighted by molar-refractivity contribution is -0.124. The number of pyridine rings is 2. The summed E-state index contributed by atoms with van der Waals surface area (Å²) in [6.07, 6.45) is 0.665. The minimum absolute atomic E-state index is 0.0182. The van der Waals surface area contributed by atoms with E-state index in [1.54, 1.807) is 67.1 Å². The third kappa shape index (κ3) is 5.33. The first-order valence-electron chi connectivity index (χ1n) is 12.5. The van der Waals surface area contributed by atoms with Crippen molar-refractivity contribution in [3.63, 3.8) is 0 Å². The number of para-hydroxylation sites is 1.